The number of nitrogens with zero attached hydrogens (tertiary/aromatic N) is 1. The van der Waals surface area contributed by atoms with E-state index < -0.39 is 29.7 Å². The Kier molecular flexibility index (Phi) is 10.2. The molecule has 0 saturated carbocycles. The van der Waals surface area contributed by atoms with Crippen LogP contribution in [-0.2, 0) is 14.3 Å². The van der Waals surface area contributed by atoms with Gasteiger partial charge in [0, 0.05) is 13.1 Å². The molecule has 3 N–H and O–H groups in total. The molecule has 2 unspecified atom stereocenters. The molecule has 1 aromatic rings. The normalized spacial score (nSPS) is 13.3. The predicted octanol–water partition coefficient (Wildman–Crippen LogP) is 3.06. The van der Waals surface area contributed by atoms with Crippen LogP contribution >= 0.6 is 11.8 Å². The molecule has 0 aromatic heterocycles. The van der Waals surface area contributed by atoms with Gasteiger partial charge < -0.3 is 25.4 Å². The van der Waals surface area contributed by atoms with Crippen LogP contribution in [0.25, 0.3) is 0 Å². The van der Waals surface area contributed by atoms with E-state index in [-0.39, 0.29) is 17.7 Å². The van der Waals surface area contributed by atoms with Crippen LogP contribution in [0.1, 0.15) is 52.6 Å². The van der Waals surface area contributed by atoms with Gasteiger partial charge in [-0.25, -0.2) is 4.79 Å². The summed E-state index contributed by atoms with van der Waals surface area (Å²) in [5, 5.41) is 15.3. The molecule has 0 heterocycles. The number of rotatable bonds is 9. The van der Waals surface area contributed by atoms with Gasteiger partial charge >= 0.3 is 6.09 Å². The number of aromatic hydroxyl groups is 1. The first-order valence-corrected chi connectivity index (χ1v) is 11.6. The van der Waals surface area contributed by atoms with Gasteiger partial charge in [-0.3, -0.25) is 9.59 Å². The summed E-state index contributed by atoms with van der Waals surface area (Å²) >= 11 is 1.55. The number of amides is 3. The van der Waals surface area contributed by atoms with E-state index in [0.717, 1.165) is 0 Å². The summed E-state index contributed by atoms with van der Waals surface area (Å²) in [5.41, 5.74) is -0.237. The lowest BCUT2D eigenvalue weighted by atomic mass is 10.0. The molecule has 174 valence electrons. The maximum absolute atomic E-state index is 13.3. The van der Waals surface area contributed by atoms with Crippen molar-refractivity contribution in [3.63, 3.8) is 0 Å². The molecule has 0 fully saturated rings. The Morgan fingerprint density at radius 1 is 1.19 bits per heavy atom. The zero-order valence-corrected chi connectivity index (χ0v) is 20.2. The van der Waals surface area contributed by atoms with Crippen LogP contribution in [0.15, 0.2) is 24.3 Å². The lowest BCUT2D eigenvalue weighted by Crippen LogP contribution is -2.52. The second kappa shape index (κ2) is 11.8. The fourth-order valence-corrected chi connectivity index (χ4v) is 3.40. The number of thioether (sulfide) groups is 1. The van der Waals surface area contributed by atoms with Crippen molar-refractivity contribution >= 4 is 29.7 Å². The maximum Gasteiger partial charge on any atom is 0.408 e. The Labute approximate surface area is 189 Å². The molecule has 0 radical (unpaired) electrons. The van der Waals surface area contributed by atoms with Crippen molar-refractivity contribution in [3.05, 3.63) is 29.8 Å². The summed E-state index contributed by atoms with van der Waals surface area (Å²) in [5.74, 6) is -0.175. The number of phenolic OH excluding ortho intramolecular Hbond substituents is 1. The molecule has 8 nitrogen and oxygen atoms in total. The van der Waals surface area contributed by atoms with Gasteiger partial charge in [-0.2, -0.15) is 11.8 Å². The number of alkyl carbamates (subject to hydrolysis) is 1. The van der Waals surface area contributed by atoms with Crippen molar-refractivity contribution < 1.29 is 24.2 Å². The van der Waals surface area contributed by atoms with Crippen LogP contribution in [0.3, 0.4) is 0 Å². The van der Waals surface area contributed by atoms with Crippen molar-refractivity contribution in [2.45, 2.75) is 64.8 Å². The minimum atomic E-state index is -0.973. The highest BCUT2D eigenvalue weighted by molar-refractivity contribution is 7.98. The van der Waals surface area contributed by atoms with Crippen molar-refractivity contribution in [2.24, 2.45) is 0 Å². The van der Waals surface area contributed by atoms with Crippen LogP contribution in [0.2, 0.25) is 0 Å². The molecule has 9 heteroatoms. The molecule has 2 atom stereocenters. The minimum absolute atomic E-state index is 0.00786. The highest BCUT2D eigenvalue weighted by Crippen LogP contribution is 2.25. The second-order valence-corrected chi connectivity index (χ2v) is 9.58. The maximum atomic E-state index is 13.3. The third-order valence-corrected chi connectivity index (χ3v) is 4.84. The van der Waals surface area contributed by atoms with E-state index in [1.165, 1.54) is 24.1 Å². The fourth-order valence-electron chi connectivity index (χ4n) is 2.93. The van der Waals surface area contributed by atoms with Gasteiger partial charge in [-0.05, 0) is 70.7 Å². The Bertz CT molecular complexity index is 764. The van der Waals surface area contributed by atoms with Crippen LogP contribution in [0, 0.1) is 0 Å². The molecule has 31 heavy (non-hydrogen) atoms. The van der Waals surface area contributed by atoms with E-state index in [4.69, 9.17) is 4.74 Å². The number of hydrogen-bond acceptors (Lipinski definition) is 6. The molecule has 0 aliphatic rings. The first-order chi connectivity index (χ1) is 14.4. The molecular formula is C22H35N3O5S. The van der Waals surface area contributed by atoms with Gasteiger partial charge in [0.2, 0.25) is 11.8 Å². The Balaban J connectivity index is 3.19. The molecule has 3 amide bonds. The topological polar surface area (TPSA) is 108 Å². The standard InChI is InChI=1S/C22H35N3O5S/c1-14(2)23-19(27)18(15-9-8-10-16(26)13-15)25(6)20(28)17(11-12-31-7)24-21(29)30-22(3,4)5/h8-10,13-14,17-18,26H,11-12H2,1-7H3,(H,23,27)(H,24,29). The van der Waals surface area contributed by atoms with Gasteiger partial charge in [-0.15, -0.1) is 0 Å². The highest BCUT2D eigenvalue weighted by Gasteiger charge is 2.34. The average molecular weight is 454 g/mol. The summed E-state index contributed by atoms with van der Waals surface area (Å²) in [7, 11) is 1.51. The van der Waals surface area contributed by atoms with E-state index in [2.05, 4.69) is 10.6 Å². The summed E-state index contributed by atoms with van der Waals surface area (Å²) in [6, 6.07) is 4.26. The predicted molar refractivity (Wildman–Crippen MR) is 123 cm³/mol. The summed E-state index contributed by atoms with van der Waals surface area (Å²) in [4.78, 5) is 39.9. The van der Waals surface area contributed by atoms with Gasteiger partial charge in [0.1, 0.15) is 23.4 Å². The Morgan fingerprint density at radius 2 is 1.84 bits per heavy atom. The number of hydrogen-bond donors (Lipinski definition) is 3. The van der Waals surface area contributed by atoms with Crippen LogP contribution in [0.5, 0.6) is 5.75 Å². The van der Waals surface area contributed by atoms with Gasteiger partial charge in [0.15, 0.2) is 0 Å². The number of benzene rings is 1. The van der Waals surface area contributed by atoms with Crippen molar-refractivity contribution in [1.29, 1.82) is 0 Å². The minimum Gasteiger partial charge on any atom is -0.508 e. The number of carbonyl (C=O) groups is 3. The molecular weight excluding hydrogens is 418 g/mol. The molecule has 0 aliphatic heterocycles. The third kappa shape index (κ3) is 9.08. The Morgan fingerprint density at radius 3 is 2.35 bits per heavy atom. The lowest BCUT2D eigenvalue weighted by molar-refractivity contribution is -0.141. The summed E-state index contributed by atoms with van der Waals surface area (Å²) in [6.07, 6.45) is 1.59. The van der Waals surface area contributed by atoms with Gasteiger partial charge in [0.05, 0.1) is 0 Å². The SMILES string of the molecule is CSCCC(NC(=O)OC(C)(C)C)C(=O)N(C)C(C(=O)NC(C)C)c1cccc(O)c1. The summed E-state index contributed by atoms with van der Waals surface area (Å²) in [6.45, 7) is 8.87. The molecule has 0 aliphatic carbocycles. The number of ether oxygens (including phenoxy) is 1. The number of likely N-dealkylation sites (N-methyl/N-ethyl adjacent to an activating group) is 1. The van der Waals surface area contributed by atoms with E-state index in [1.54, 1.807) is 44.7 Å². The van der Waals surface area contributed by atoms with Crippen molar-refractivity contribution in [2.75, 3.05) is 19.1 Å². The van der Waals surface area contributed by atoms with Gasteiger partial charge in [0.25, 0.3) is 0 Å². The zero-order chi connectivity index (χ0) is 23.8. The molecule has 0 saturated heterocycles. The van der Waals surface area contributed by atoms with Crippen LogP contribution in [-0.4, -0.2) is 64.7 Å². The van der Waals surface area contributed by atoms with E-state index >= 15 is 0 Å². The number of phenols is 1. The molecule has 0 spiro atoms. The van der Waals surface area contributed by atoms with E-state index in [0.29, 0.717) is 17.7 Å². The number of nitrogens with one attached hydrogen (secondary N) is 2. The van der Waals surface area contributed by atoms with Crippen molar-refractivity contribution in [1.82, 2.24) is 15.5 Å². The first-order valence-electron chi connectivity index (χ1n) is 10.2. The van der Waals surface area contributed by atoms with E-state index in [9.17, 15) is 19.5 Å². The Hall–Kier alpha value is -2.42. The molecule has 0 bridgehead atoms. The molecule has 1 aromatic carbocycles. The first kappa shape index (κ1) is 26.6. The van der Waals surface area contributed by atoms with Crippen LogP contribution in [0.4, 0.5) is 4.79 Å². The average Bonchev–Trinajstić information content (AvgIpc) is 2.62. The monoisotopic (exact) mass is 453 g/mol. The van der Waals surface area contributed by atoms with Crippen molar-refractivity contribution in [3.8, 4) is 5.75 Å². The second-order valence-electron chi connectivity index (χ2n) is 8.59. The van der Waals surface area contributed by atoms with Gasteiger partial charge in [-0.1, -0.05) is 12.1 Å². The van der Waals surface area contributed by atoms with Crippen LogP contribution < -0.4 is 10.6 Å². The molecule has 1 rings (SSSR count). The number of carbonyl (C=O) groups excluding carboxylic acids is 3. The largest absolute Gasteiger partial charge is 0.508 e. The highest BCUT2D eigenvalue weighted by atomic mass is 32.2. The summed E-state index contributed by atoms with van der Waals surface area (Å²) < 4.78 is 5.30. The smallest absolute Gasteiger partial charge is 0.408 e. The lowest BCUT2D eigenvalue weighted by Gasteiger charge is -2.32. The third-order valence-electron chi connectivity index (χ3n) is 4.20. The quantitative estimate of drug-likeness (QED) is 0.530. The zero-order valence-electron chi connectivity index (χ0n) is 19.4. The van der Waals surface area contributed by atoms with E-state index in [1.807, 2.05) is 20.1 Å². The fraction of sp³-hybridized carbons (Fsp3) is 0.591.